The van der Waals surface area contributed by atoms with Crippen molar-refractivity contribution in [1.29, 1.82) is 0 Å². The molecule has 0 saturated heterocycles. The zero-order valence-electron chi connectivity index (χ0n) is 11.5. The second-order valence-electron chi connectivity index (χ2n) is 4.69. The minimum atomic E-state index is -0.748. The van der Waals surface area contributed by atoms with Crippen molar-refractivity contribution < 1.29 is 15.0 Å². The van der Waals surface area contributed by atoms with E-state index < -0.39 is 18.1 Å². The molecule has 0 bridgehead atoms. The van der Waals surface area contributed by atoms with E-state index in [0.29, 0.717) is 17.6 Å². The van der Waals surface area contributed by atoms with Gasteiger partial charge >= 0.3 is 0 Å². The number of carbonyl (C=O) groups excluding carboxylic acids is 1. The highest BCUT2D eigenvalue weighted by Gasteiger charge is 2.21. The molecule has 114 valence electrons. The summed E-state index contributed by atoms with van der Waals surface area (Å²) in [6.07, 6.45) is 2.81. The van der Waals surface area contributed by atoms with E-state index in [0.717, 1.165) is 4.47 Å². The molecule has 0 fully saturated rings. The Labute approximate surface area is 129 Å². The molecule has 0 aliphatic carbocycles. The van der Waals surface area contributed by atoms with Gasteiger partial charge in [-0.3, -0.25) is 4.79 Å². The Morgan fingerprint density at radius 3 is 2.90 bits per heavy atom. The molecule has 8 heteroatoms. The maximum atomic E-state index is 11.6. The third-order valence-corrected chi connectivity index (χ3v) is 3.71. The monoisotopic (exact) mass is 356 g/mol. The molecule has 0 aliphatic rings. The number of anilines is 1. The van der Waals surface area contributed by atoms with E-state index in [-0.39, 0.29) is 12.2 Å². The van der Waals surface area contributed by atoms with Gasteiger partial charge in [0.05, 0.1) is 41.7 Å². The van der Waals surface area contributed by atoms with Crippen LogP contribution in [0.4, 0.5) is 5.69 Å². The van der Waals surface area contributed by atoms with Crippen LogP contribution in [0.2, 0.25) is 0 Å². The Morgan fingerprint density at radius 2 is 2.33 bits per heavy atom. The van der Waals surface area contributed by atoms with Crippen molar-refractivity contribution in [3.8, 4) is 0 Å². The molecule has 0 spiro atoms. The van der Waals surface area contributed by atoms with Crippen LogP contribution in [0.1, 0.15) is 23.7 Å². The predicted molar refractivity (Wildman–Crippen MR) is 82.2 cm³/mol. The lowest BCUT2D eigenvalue weighted by Gasteiger charge is -2.23. The fraction of sp³-hybridized carbons (Fsp3) is 0.385. The van der Waals surface area contributed by atoms with Gasteiger partial charge < -0.3 is 21.3 Å². The molecule has 0 saturated carbocycles. The molecular weight excluding hydrogens is 340 g/mol. The van der Waals surface area contributed by atoms with E-state index in [1.807, 2.05) is 0 Å². The lowest BCUT2D eigenvalue weighted by molar-refractivity contribution is 0.0997. The minimum absolute atomic E-state index is 0.204. The molecule has 2 aromatic rings. The summed E-state index contributed by atoms with van der Waals surface area (Å²) >= 11 is 3.34. The molecule has 2 heterocycles. The predicted octanol–water partition coefficient (Wildman–Crippen LogP) is 0.739. The number of fused-ring (bicyclic) bond motifs is 1. The van der Waals surface area contributed by atoms with Crippen molar-refractivity contribution in [2.24, 2.45) is 5.73 Å². The van der Waals surface area contributed by atoms with Gasteiger partial charge in [-0.25, -0.2) is 4.52 Å². The number of rotatable bonds is 6. The third kappa shape index (κ3) is 3.17. The fourth-order valence-corrected chi connectivity index (χ4v) is 2.51. The Kier molecular flexibility index (Phi) is 4.81. The minimum Gasteiger partial charge on any atom is -0.394 e. The molecule has 2 rings (SSSR count). The molecule has 0 aromatic carbocycles. The zero-order valence-corrected chi connectivity index (χ0v) is 13.0. The summed E-state index contributed by atoms with van der Waals surface area (Å²) in [5.74, 6) is -0.632. The number of hydrogen-bond donors (Lipinski definition) is 4. The first-order valence-corrected chi connectivity index (χ1v) is 7.29. The third-order valence-electron chi connectivity index (χ3n) is 3.28. The van der Waals surface area contributed by atoms with Gasteiger partial charge in [-0.2, -0.15) is 5.10 Å². The number of carbonyl (C=O) groups is 1. The van der Waals surface area contributed by atoms with Crippen LogP contribution in [-0.4, -0.2) is 44.5 Å². The van der Waals surface area contributed by atoms with Gasteiger partial charge in [0.1, 0.15) is 0 Å². The quantitative estimate of drug-likeness (QED) is 0.609. The van der Waals surface area contributed by atoms with Crippen LogP contribution < -0.4 is 11.1 Å². The fourth-order valence-electron chi connectivity index (χ4n) is 2.10. The number of amides is 1. The number of aromatic nitrogens is 2. The van der Waals surface area contributed by atoms with E-state index in [9.17, 15) is 15.0 Å². The summed E-state index contributed by atoms with van der Waals surface area (Å²) in [6.45, 7) is 1.53. The number of halogens is 1. The van der Waals surface area contributed by atoms with Gasteiger partial charge in [-0.1, -0.05) is 6.92 Å². The van der Waals surface area contributed by atoms with Gasteiger partial charge in [0.25, 0.3) is 5.91 Å². The number of primary amides is 1. The van der Waals surface area contributed by atoms with Crippen molar-refractivity contribution >= 4 is 33.0 Å². The normalized spacial score (nSPS) is 14.1. The van der Waals surface area contributed by atoms with Gasteiger partial charge in [0.2, 0.25) is 0 Å². The second kappa shape index (κ2) is 6.42. The summed E-state index contributed by atoms with van der Waals surface area (Å²) in [6, 6.07) is 1.17. The summed E-state index contributed by atoms with van der Waals surface area (Å²) in [5.41, 5.74) is 6.64. The lowest BCUT2D eigenvalue weighted by Crippen LogP contribution is -2.37. The zero-order chi connectivity index (χ0) is 15.6. The van der Waals surface area contributed by atoms with Crippen LogP contribution in [-0.2, 0) is 0 Å². The summed E-state index contributed by atoms with van der Waals surface area (Å²) in [4.78, 5) is 11.6. The average molecular weight is 357 g/mol. The van der Waals surface area contributed by atoms with Crippen molar-refractivity contribution in [1.82, 2.24) is 9.61 Å². The second-order valence-corrected chi connectivity index (χ2v) is 5.61. The van der Waals surface area contributed by atoms with Gasteiger partial charge in [-0.05, 0) is 28.4 Å². The van der Waals surface area contributed by atoms with Crippen LogP contribution in [0.5, 0.6) is 0 Å². The van der Waals surface area contributed by atoms with Crippen molar-refractivity contribution in [2.45, 2.75) is 25.5 Å². The number of hydrogen-bond acceptors (Lipinski definition) is 5. The Bertz CT molecular complexity index is 658. The Morgan fingerprint density at radius 1 is 1.62 bits per heavy atom. The molecule has 2 aromatic heterocycles. The van der Waals surface area contributed by atoms with Crippen LogP contribution >= 0.6 is 15.9 Å². The highest BCUT2D eigenvalue weighted by Crippen LogP contribution is 2.26. The van der Waals surface area contributed by atoms with Crippen LogP contribution in [0.15, 0.2) is 22.9 Å². The van der Waals surface area contributed by atoms with Gasteiger partial charge in [0.15, 0.2) is 0 Å². The number of nitrogens with two attached hydrogens (primary N) is 1. The van der Waals surface area contributed by atoms with Gasteiger partial charge in [0, 0.05) is 10.7 Å². The van der Waals surface area contributed by atoms with E-state index in [4.69, 9.17) is 5.73 Å². The number of aliphatic hydroxyl groups excluding tert-OH is 2. The number of nitrogens with zero attached hydrogens (tertiary/aromatic N) is 2. The average Bonchev–Trinajstić information content (AvgIpc) is 2.83. The van der Waals surface area contributed by atoms with Crippen LogP contribution in [0.3, 0.4) is 0 Å². The molecular formula is C13H17BrN4O3. The number of aliphatic hydroxyl groups is 2. The topological polar surface area (TPSA) is 113 Å². The molecule has 0 radical (unpaired) electrons. The lowest BCUT2D eigenvalue weighted by atomic mass is 10.1. The first-order valence-electron chi connectivity index (χ1n) is 6.50. The van der Waals surface area contributed by atoms with Crippen molar-refractivity contribution in [3.05, 3.63) is 28.5 Å². The summed E-state index contributed by atoms with van der Waals surface area (Å²) in [7, 11) is 0. The molecule has 2 atom stereocenters. The van der Waals surface area contributed by atoms with Crippen molar-refractivity contribution in [2.75, 3.05) is 11.9 Å². The first-order chi connectivity index (χ1) is 9.97. The SMILES string of the molecule is CC[C@@H](O)[C@@H](CO)Nc1c(C(N)=O)cnn2cc(Br)cc12. The largest absolute Gasteiger partial charge is 0.394 e. The highest BCUT2D eigenvalue weighted by molar-refractivity contribution is 9.10. The molecule has 0 aliphatic heterocycles. The maximum absolute atomic E-state index is 11.6. The Hall–Kier alpha value is -1.64. The van der Waals surface area contributed by atoms with E-state index >= 15 is 0 Å². The van der Waals surface area contributed by atoms with Crippen LogP contribution in [0, 0.1) is 0 Å². The van der Waals surface area contributed by atoms with E-state index in [1.54, 1.807) is 23.7 Å². The Balaban J connectivity index is 2.53. The van der Waals surface area contributed by atoms with Crippen molar-refractivity contribution in [3.63, 3.8) is 0 Å². The number of nitrogens with one attached hydrogen (secondary N) is 1. The standard InChI is InChI=1S/C13H17BrN4O3/c1-2-11(20)9(6-19)17-12-8(13(15)21)4-16-18-5-7(14)3-10(12)18/h3-5,9,11,17,19-20H,2,6H2,1H3,(H2,15,21)/t9-,11-/m1/s1. The summed E-state index contributed by atoms with van der Waals surface area (Å²) in [5, 5.41) is 26.4. The first kappa shape index (κ1) is 15.7. The molecule has 1 amide bonds. The van der Waals surface area contributed by atoms with E-state index in [1.165, 1.54) is 6.20 Å². The molecule has 7 nitrogen and oxygen atoms in total. The summed E-state index contributed by atoms with van der Waals surface area (Å²) < 4.78 is 2.36. The highest BCUT2D eigenvalue weighted by atomic mass is 79.9. The van der Waals surface area contributed by atoms with Gasteiger partial charge in [-0.15, -0.1) is 0 Å². The molecule has 21 heavy (non-hydrogen) atoms. The smallest absolute Gasteiger partial charge is 0.252 e. The maximum Gasteiger partial charge on any atom is 0.252 e. The molecule has 0 unspecified atom stereocenters. The molecule has 5 N–H and O–H groups in total. The van der Waals surface area contributed by atoms with Crippen LogP contribution in [0.25, 0.3) is 5.52 Å². The van der Waals surface area contributed by atoms with E-state index in [2.05, 4.69) is 26.3 Å².